The first kappa shape index (κ1) is 14.8. The molecule has 0 heterocycles. The van der Waals surface area contributed by atoms with Crippen LogP contribution in [0, 0.1) is 11.3 Å². The zero-order valence-electron chi connectivity index (χ0n) is 11.5. The molecule has 1 aliphatic carbocycles. The van der Waals surface area contributed by atoms with Crippen molar-refractivity contribution in [2.45, 2.75) is 52.5 Å². The second kappa shape index (κ2) is 6.07. The zero-order chi connectivity index (χ0) is 13.8. The fourth-order valence-electron chi connectivity index (χ4n) is 2.40. The molecule has 1 fully saturated rings. The van der Waals surface area contributed by atoms with Crippen molar-refractivity contribution in [2.75, 3.05) is 6.54 Å². The Bertz CT molecular complexity index is 309. The van der Waals surface area contributed by atoms with Gasteiger partial charge in [0.15, 0.2) is 0 Å². The largest absolute Gasteiger partial charge is 0.480 e. The van der Waals surface area contributed by atoms with Gasteiger partial charge in [0.25, 0.3) is 0 Å². The Labute approximate surface area is 108 Å². The van der Waals surface area contributed by atoms with E-state index in [0.717, 1.165) is 12.8 Å². The van der Waals surface area contributed by atoms with Gasteiger partial charge in [-0.3, -0.25) is 0 Å². The highest BCUT2D eigenvalue weighted by Crippen LogP contribution is 2.36. The van der Waals surface area contributed by atoms with Crippen LogP contribution in [-0.4, -0.2) is 29.7 Å². The van der Waals surface area contributed by atoms with E-state index in [1.165, 1.54) is 12.8 Å². The van der Waals surface area contributed by atoms with Crippen LogP contribution >= 0.6 is 0 Å². The first-order valence-corrected chi connectivity index (χ1v) is 6.61. The molecule has 0 aliphatic heterocycles. The molecule has 0 spiro atoms. The maximum Gasteiger partial charge on any atom is 0.326 e. The standard InChI is InChI=1S/C13H24N2O3/c1-9(2)10(11(16)17)15-12(18)14-8-13(3)6-4-5-7-13/h9-10H,4-8H2,1-3H3,(H,16,17)(H2,14,15,18). The smallest absolute Gasteiger partial charge is 0.326 e. The van der Waals surface area contributed by atoms with Gasteiger partial charge in [0.1, 0.15) is 6.04 Å². The van der Waals surface area contributed by atoms with Gasteiger partial charge in [-0.15, -0.1) is 0 Å². The molecular weight excluding hydrogens is 232 g/mol. The minimum atomic E-state index is -0.993. The molecule has 0 saturated heterocycles. The molecule has 1 aliphatic rings. The van der Waals surface area contributed by atoms with E-state index in [4.69, 9.17) is 5.11 Å². The molecule has 1 rings (SSSR count). The van der Waals surface area contributed by atoms with Crippen molar-refractivity contribution >= 4 is 12.0 Å². The summed E-state index contributed by atoms with van der Waals surface area (Å²) < 4.78 is 0. The van der Waals surface area contributed by atoms with E-state index >= 15 is 0 Å². The van der Waals surface area contributed by atoms with Gasteiger partial charge in [0.2, 0.25) is 0 Å². The average molecular weight is 256 g/mol. The normalized spacial score (nSPS) is 19.6. The van der Waals surface area contributed by atoms with E-state index in [1.807, 2.05) is 0 Å². The molecule has 1 unspecified atom stereocenters. The molecule has 1 saturated carbocycles. The summed E-state index contributed by atoms with van der Waals surface area (Å²) in [6.07, 6.45) is 4.67. The molecule has 0 bridgehead atoms. The molecular formula is C13H24N2O3. The summed E-state index contributed by atoms with van der Waals surface area (Å²) in [6.45, 7) is 6.33. The average Bonchev–Trinajstić information content (AvgIpc) is 2.70. The lowest BCUT2D eigenvalue weighted by Gasteiger charge is -2.25. The quantitative estimate of drug-likeness (QED) is 0.703. The molecule has 1 atom stereocenters. The SMILES string of the molecule is CC(C)C(NC(=O)NCC1(C)CCCC1)C(=O)O. The van der Waals surface area contributed by atoms with Crippen LogP contribution < -0.4 is 10.6 Å². The Morgan fingerprint density at radius 2 is 1.83 bits per heavy atom. The lowest BCUT2D eigenvalue weighted by Crippen LogP contribution is -2.50. The molecule has 5 heteroatoms. The minimum Gasteiger partial charge on any atom is -0.480 e. The highest BCUT2D eigenvalue weighted by atomic mass is 16.4. The van der Waals surface area contributed by atoms with Crippen molar-refractivity contribution < 1.29 is 14.7 Å². The van der Waals surface area contributed by atoms with Gasteiger partial charge in [-0.05, 0) is 24.2 Å². The number of carbonyl (C=O) groups excluding carboxylic acids is 1. The summed E-state index contributed by atoms with van der Waals surface area (Å²) in [7, 11) is 0. The molecule has 0 aromatic carbocycles. The number of aliphatic carboxylic acids is 1. The summed E-state index contributed by atoms with van der Waals surface area (Å²) in [5, 5.41) is 14.3. The summed E-state index contributed by atoms with van der Waals surface area (Å²) in [6, 6.07) is -1.22. The van der Waals surface area contributed by atoms with Crippen molar-refractivity contribution in [3.05, 3.63) is 0 Å². The Kier molecular flexibility index (Phi) is 4.99. The lowest BCUT2D eigenvalue weighted by molar-refractivity contribution is -0.140. The third-order valence-corrected chi connectivity index (χ3v) is 3.71. The Morgan fingerprint density at radius 3 is 2.28 bits per heavy atom. The van der Waals surface area contributed by atoms with Crippen LogP contribution in [0.4, 0.5) is 4.79 Å². The first-order chi connectivity index (χ1) is 8.34. The van der Waals surface area contributed by atoms with E-state index in [2.05, 4.69) is 17.6 Å². The molecule has 2 amide bonds. The molecule has 18 heavy (non-hydrogen) atoms. The van der Waals surface area contributed by atoms with Gasteiger partial charge in [0, 0.05) is 6.54 Å². The number of carboxylic acids is 1. The monoisotopic (exact) mass is 256 g/mol. The van der Waals surface area contributed by atoms with Crippen molar-refractivity contribution in [3.8, 4) is 0 Å². The topological polar surface area (TPSA) is 78.4 Å². The van der Waals surface area contributed by atoms with Gasteiger partial charge in [-0.1, -0.05) is 33.6 Å². The predicted molar refractivity (Wildman–Crippen MR) is 69.4 cm³/mol. The van der Waals surface area contributed by atoms with Gasteiger partial charge in [-0.25, -0.2) is 9.59 Å². The molecule has 5 nitrogen and oxygen atoms in total. The lowest BCUT2D eigenvalue weighted by atomic mass is 9.89. The van der Waals surface area contributed by atoms with Crippen molar-refractivity contribution in [1.82, 2.24) is 10.6 Å². The number of hydrogen-bond donors (Lipinski definition) is 3. The molecule has 0 aromatic rings. The summed E-state index contributed by atoms with van der Waals surface area (Å²) in [5.41, 5.74) is 0.174. The van der Waals surface area contributed by atoms with Gasteiger partial charge in [0.05, 0.1) is 0 Å². The Hall–Kier alpha value is -1.26. The third-order valence-electron chi connectivity index (χ3n) is 3.71. The molecule has 0 aromatic heterocycles. The van der Waals surface area contributed by atoms with E-state index in [1.54, 1.807) is 13.8 Å². The summed E-state index contributed by atoms with van der Waals surface area (Å²) in [5.74, 6) is -1.12. The molecule has 3 N–H and O–H groups in total. The highest BCUT2D eigenvalue weighted by molar-refractivity contribution is 5.82. The molecule has 104 valence electrons. The molecule has 0 radical (unpaired) electrons. The number of rotatable bonds is 5. The van der Waals surface area contributed by atoms with Crippen molar-refractivity contribution in [1.29, 1.82) is 0 Å². The first-order valence-electron chi connectivity index (χ1n) is 6.61. The Balaban J connectivity index is 2.38. The van der Waals surface area contributed by atoms with Crippen LogP contribution in [0.3, 0.4) is 0 Å². The zero-order valence-corrected chi connectivity index (χ0v) is 11.5. The van der Waals surface area contributed by atoms with Gasteiger partial charge in [-0.2, -0.15) is 0 Å². The summed E-state index contributed by atoms with van der Waals surface area (Å²) >= 11 is 0. The Morgan fingerprint density at radius 1 is 1.28 bits per heavy atom. The second-order valence-electron chi connectivity index (χ2n) is 5.90. The van der Waals surface area contributed by atoms with E-state index in [9.17, 15) is 9.59 Å². The van der Waals surface area contributed by atoms with E-state index in [-0.39, 0.29) is 17.4 Å². The van der Waals surface area contributed by atoms with Crippen LogP contribution in [0.5, 0.6) is 0 Å². The maximum atomic E-state index is 11.7. The summed E-state index contributed by atoms with van der Waals surface area (Å²) in [4.78, 5) is 22.6. The minimum absolute atomic E-state index is 0.129. The van der Waals surface area contributed by atoms with Crippen molar-refractivity contribution in [2.24, 2.45) is 11.3 Å². The number of amides is 2. The van der Waals surface area contributed by atoms with E-state index < -0.39 is 12.0 Å². The van der Waals surface area contributed by atoms with Crippen LogP contribution in [-0.2, 0) is 4.79 Å². The van der Waals surface area contributed by atoms with Crippen LogP contribution in [0.25, 0.3) is 0 Å². The van der Waals surface area contributed by atoms with E-state index in [0.29, 0.717) is 6.54 Å². The van der Waals surface area contributed by atoms with Crippen LogP contribution in [0.15, 0.2) is 0 Å². The fraction of sp³-hybridized carbons (Fsp3) is 0.846. The second-order valence-corrected chi connectivity index (χ2v) is 5.90. The van der Waals surface area contributed by atoms with Crippen LogP contribution in [0.2, 0.25) is 0 Å². The maximum absolute atomic E-state index is 11.7. The highest BCUT2D eigenvalue weighted by Gasteiger charge is 2.29. The number of nitrogens with one attached hydrogen (secondary N) is 2. The third kappa shape index (κ3) is 4.20. The number of urea groups is 1. The number of hydrogen-bond acceptors (Lipinski definition) is 2. The van der Waals surface area contributed by atoms with Crippen molar-refractivity contribution in [3.63, 3.8) is 0 Å². The van der Waals surface area contributed by atoms with Gasteiger partial charge < -0.3 is 15.7 Å². The number of carboxylic acid groups (broad SMARTS) is 1. The van der Waals surface area contributed by atoms with Crippen LogP contribution in [0.1, 0.15) is 46.5 Å². The number of carbonyl (C=O) groups is 2. The van der Waals surface area contributed by atoms with Gasteiger partial charge >= 0.3 is 12.0 Å². The fourth-order valence-corrected chi connectivity index (χ4v) is 2.40. The predicted octanol–water partition coefficient (Wildman–Crippen LogP) is 1.98.